The lowest BCUT2D eigenvalue weighted by molar-refractivity contribution is 0.794. The lowest BCUT2D eigenvalue weighted by atomic mass is 9.33. The van der Waals surface area contributed by atoms with E-state index >= 15 is 0 Å². The summed E-state index contributed by atoms with van der Waals surface area (Å²) in [4.78, 5) is 5.26. The fourth-order valence-corrected chi connectivity index (χ4v) is 16.0. The number of hydrogen-bond acceptors (Lipinski definition) is 2. The Morgan fingerprint density at radius 3 is 1.10 bits per heavy atom. The van der Waals surface area contributed by atoms with E-state index in [4.69, 9.17) is 0 Å². The predicted molar refractivity (Wildman–Crippen MR) is 363 cm³/mol. The van der Waals surface area contributed by atoms with Crippen molar-refractivity contribution < 1.29 is 0 Å². The van der Waals surface area contributed by atoms with E-state index in [0.717, 1.165) is 16.9 Å². The molecule has 0 atom stereocenters. The molecule has 1 spiro atoms. The van der Waals surface area contributed by atoms with Crippen molar-refractivity contribution in [3.8, 4) is 55.6 Å². The summed E-state index contributed by atoms with van der Waals surface area (Å²) in [6.45, 7) is -0.116. The Balaban J connectivity index is 0.940. The van der Waals surface area contributed by atoms with Gasteiger partial charge >= 0.3 is 0 Å². The molecule has 0 N–H and O–H groups in total. The van der Waals surface area contributed by atoms with Gasteiger partial charge in [-0.2, -0.15) is 0 Å². The molecule has 19 rings (SSSR count). The van der Waals surface area contributed by atoms with E-state index in [1.165, 1.54) is 155 Å². The minimum absolute atomic E-state index is 0.116. The summed E-state index contributed by atoms with van der Waals surface area (Å²) in [6, 6.07) is 117. The molecule has 0 radical (unpaired) electrons. The molecule has 3 heteroatoms. The van der Waals surface area contributed by atoms with Crippen LogP contribution in [0, 0.1) is 0 Å². The van der Waals surface area contributed by atoms with Gasteiger partial charge in [0.1, 0.15) is 0 Å². The molecule has 0 bridgehead atoms. The molecular formula is C83H51BN2. The molecule has 0 saturated heterocycles. The van der Waals surface area contributed by atoms with Gasteiger partial charge in [0.25, 0.3) is 6.71 Å². The van der Waals surface area contributed by atoms with Crippen LogP contribution in [0.3, 0.4) is 0 Å². The van der Waals surface area contributed by atoms with E-state index in [1.54, 1.807) is 0 Å². The number of benzene rings is 15. The van der Waals surface area contributed by atoms with Crippen LogP contribution in [-0.4, -0.2) is 6.71 Å². The lowest BCUT2D eigenvalue weighted by Gasteiger charge is -2.45. The summed E-state index contributed by atoms with van der Waals surface area (Å²) in [5.74, 6) is 0. The third-order valence-electron chi connectivity index (χ3n) is 19.6. The highest BCUT2D eigenvalue weighted by Crippen LogP contribution is 2.63. The third kappa shape index (κ3) is 6.52. The molecule has 86 heavy (non-hydrogen) atoms. The highest BCUT2D eigenvalue weighted by Gasteiger charge is 2.52. The molecule has 2 aliphatic heterocycles. The Kier molecular flexibility index (Phi) is 9.94. The van der Waals surface area contributed by atoms with Gasteiger partial charge in [-0.25, -0.2) is 0 Å². The van der Waals surface area contributed by atoms with Crippen LogP contribution in [0.2, 0.25) is 0 Å². The Morgan fingerprint density at radius 2 is 0.628 bits per heavy atom. The maximum Gasteiger partial charge on any atom is 0.252 e. The van der Waals surface area contributed by atoms with Gasteiger partial charge < -0.3 is 9.80 Å². The third-order valence-corrected chi connectivity index (χ3v) is 19.6. The zero-order valence-corrected chi connectivity index (χ0v) is 46.9. The van der Waals surface area contributed by atoms with E-state index < -0.39 is 5.41 Å². The van der Waals surface area contributed by atoms with Gasteiger partial charge in [0, 0.05) is 44.9 Å². The summed E-state index contributed by atoms with van der Waals surface area (Å²) in [6.07, 6.45) is 0. The summed E-state index contributed by atoms with van der Waals surface area (Å²) >= 11 is 0. The van der Waals surface area contributed by atoms with Gasteiger partial charge in [-0.15, -0.1) is 0 Å². The topological polar surface area (TPSA) is 6.48 Å². The van der Waals surface area contributed by atoms with Crippen molar-refractivity contribution >= 4 is 100 Å². The molecule has 396 valence electrons. The van der Waals surface area contributed by atoms with Crippen LogP contribution in [-0.2, 0) is 5.41 Å². The van der Waals surface area contributed by atoms with Gasteiger partial charge in [-0.05, 0) is 169 Å². The fraction of sp³-hybridized carbons (Fsp3) is 0.0120. The van der Waals surface area contributed by atoms with Crippen molar-refractivity contribution in [2.24, 2.45) is 0 Å². The first-order valence-electron chi connectivity index (χ1n) is 30.1. The van der Waals surface area contributed by atoms with Gasteiger partial charge in [-0.3, -0.25) is 0 Å². The highest BCUT2D eigenvalue weighted by molar-refractivity contribution is 7.01. The summed E-state index contributed by atoms with van der Waals surface area (Å²) in [5.41, 5.74) is 28.0. The number of rotatable bonds is 5. The van der Waals surface area contributed by atoms with Crippen molar-refractivity contribution in [1.29, 1.82) is 0 Å². The molecule has 0 aromatic heterocycles. The maximum absolute atomic E-state index is 2.63. The second kappa shape index (κ2) is 18.0. The number of anilines is 6. The molecule has 2 aliphatic carbocycles. The van der Waals surface area contributed by atoms with Crippen LogP contribution in [0.5, 0.6) is 0 Å². The zero-order chi connectivity index (χ0) is 56.2. The molecular weight excluding hydrogens is 1040 g/mol. The van der Waals surface area contributed by atoms with E-state index in [9.17, 15) is 0 Å². The molecule has 4 aliphatic rings. The molecule has 0 unspecified atom stereocenters. The zero-order valence-electron chi connectivity index (χ0n) is 46.9. The number of hydrogen-bond donors (Lipinski definition) is 0. The first kappa shape index (κ1) is 47.5. The van der Waals surface area contributed by atoms with Crippen LogP contribution < -0.4 is 26.2 Å². The monoisotopic (exact) mass is 1090 g/mol. The first-order valence-corrected chi connectivity index (χ1v) is 30.1. The minimum Gasteiger partial charge on any atom is -0.311 e. The van der Waals surface area contributed by atoms with Crippen LogP contribution in [0.4, 0.5) is 34.1 Å². The Bertz CT molecular complexity index is 5060. The maximum atomic E-state index is 2.63. The molecule has 15 aromatic carbocycles. The minimum atomic E-state index is -0.497. The summed E-state index contributed by atoms with van der Waals surface area (Å²) < 4.78 is 0. The van der Waals surface area contributed by atoms with Crippen molar-refractivity contribution in [2.75, 3.05) is 9.80 Å². The largest absolute Gasteiger partial charge is 0.311 e. The quantitative estimate of drug-likeness (QED) is 0.125. The summed E-state index contributed by atoms with van der Waals surface area (Å²) in [7, 11) is 0. The molecule has 15 aromatic rings. The Morgan fingerprint density at radius 1 is 0.244 bits per heavy atom. The molecule has 0 fully saturated rings. The van der Waals surface area contributed by atoms with E-state index in [-0.39, 0.29) is 6.71 Å². The fourth-order valence-electron chi connectivity index (χ4n) is 16.0. The lowest BCUT2D eigenvalue weighted by Crippen LogP contribution is -2.61. The normalized spacial score (nSPS) is 13.6. The van der Waals surface area contributed by atoms with Crippen molar-refractivity contribution in [2.45, 2.75) is 5.41 Å². The van der Waals surface area contributed by atoms with Crippen LogP contribution >= 0.6 is 0 Å². The molecule has 0 saturated carbocycles. The Hall–Kier alpha value is -11.0. The average molecular weight is 1090 g/mol. The van der Waals surface area contributed by atoms with Gasteiger partial charge in [0.2, 0.25) is 0 Å². The van der Waals surface area contributed by atoms with E-state index in [2.05, 4.69) is 319 Å². The van der Waals surface area contributed by atoms with E-state index in [1.807, 2.05) is 0 Å². The molecule has 2 nitrogen and oxygen atoms in total. The Labute approximate surface area is 499 Å². The average Bonchev–Trinajstić information content (AvgIpc) is 1.31. The van der Waals surface area contributed by atoms with Crippen LogP contribution in [0.15, 0.2) is 309 Å². The number of fused-ring (bicyclic) bond motifs is 22. The predicted octanol–water partition coefficient (Wildman–Crippen LogP) is 19.7. The SMILES string of the molecule is c1ccc(-c2ccc(N3c4cc(-c5ccc6c(c5)C5(c7ccccc7-c7ccccc75)c5ccccc5-6)cc5c4B(c4ccc6c(ccc7ccccc76)c43)c3ccc4c(ccc6ccccc64)c3N5c3ccc(-c4ccccc4)cc3)cc2)cc1. The van der Waals surface area contributed by atoms with Crippen molar-refractivity contribution in [3.63, 3.8) is 0 Å². The van der Waals surface area contributed by atoms with Crippen LogP contribution in [0.25, 0.3) is 98.7 Å². The van der Waals surface area contributed by atoms with Gasteiger partial charge in [-0.1, -0.05) is 267 Å². The molecule has 2 heterocycles. The smallest absolute Gasteiger partial charge is 0.252 e. The molecule has 0 amide bonds. The van der Waals surface area contributed by atoms with Crippen molar-refractivity contribution in [3.05, 3.63) is 332 Å². The van der Waals surface area contributed by atoms with Gasteiger partial charge in [0.15, 0.2) is 0 Å². The number of nitrogens with zero attached hydrogens (tertiary/aromatic N) is 2. The second-order valence-electron chi connectivity index (χ2n) is 23.8. The second-order valence-corrected chi connectivity index (χ2v) is 23.8. The van der Waals surface area contributed by atoms with E-state index in [0.29, 0.717) is 0 Å². The van der Waals surface area contributed by atoms with Gasteiger partial charge in [0.05, 0.1) is 5.41 Å². The van der Waals surface area contributed by atoms with Crippen molar-refractivity contribution in [1.82, 2.24) is 0 Å². The summed E-state index contributed by atoms with van der Waals surface area (Å²) in [5, 5.41) is 9.93. The standard InChI is InChI=1S/C83H51BN2/c1-3-17-52(18-4-1)54-31-38-60(39-32-54)85-78-50-59(58-37-42-69-68-27-13-16-30-74(68)83(75(69)49-58)72-28-14-11-25-66(72)67-26-12-15-29-73(67)83)51-79-80(78)84(76-47-45-64-62-23-9-7-21-56(62)35-43-70(64)81(76)85)77-48-46-65-63-24-10-8-22-57(63)36-44-71(65)82(77)86(79)61-40-33-55(34-41-61)53-19-5-2-6-20-53/h1-51H. The first-order chi connectivity index (χ1) is 42.7. The van der Waals surface area contributed by atoms with Crippen LogP contribution in [0.1, 0.15) is 22.3 Å². The highest BCUT2D eigenvalue weighted by atomic mass is 15.2.